The van der Waals surface area contributed by atoms with Gasteiger partial charge in [-0.05, 0) is 35.2 Å². The van der Waals surface area contributed by atoms with Gasteiger partial charge in [0.25, 0.3) is 5.91 Å². The molecule has 18 heavy (non-hydrogen) atoms. The Hall–Kier alpha value is -1.74. The van der Waals surface area contributed by atoms with E-state index in [1.807, 2.05) is 30.3 Å². The quantitative estimate of drug-likeness (QED) is 0.918. The highest BCUT2D eigenvalue weighted by Crippen LogP contribution is 2.15. The molecule has 0 spiro atoms. The molecule has 2 aromatic rings. The van der Waals surface area contributed by atoms with Gasteiger partial charge >= 0.3 is 0 Å². The molecule has 1 unspecified atom stereocenters. The Labute approximate surface area is 111 Å². The summed E-state index contributed by atoms with van der Waals surface area (Å²) in [5, 5.41) is 3.04. The minimum absolute atomic E-state index is 0.219. The summed E-state index contributed by atoms with van der Waals surface area (Å²) < 4.78 is 5.04. The fraction of sp³-hybridized carbons (Fsp3) is 0.214. The van der Waals surface area contributed by atoms with Crippen molar-refractivity contribution in [3.63, 3.8) is 0 Å². The van der Waals surface area contributed by atoms with E-state index in [0.29, 0.717) is 6.54 Å². The van der Waals surface area contributed by atoms with E-state index in [1.54, 1.807) is 12.1 Å². The Morgan fingerprint density at radius 2 is 2.00 bits per heavy atom. The molecule has 0 radical (unpaired) electrons. The smallest absolute Gasteiger partial charge is 0.287 e. The van der Waals surface area contributed by atoms with Crippen LogP contribution in [0.25, 0.3) is 0 Å². The van der Waals surface area contributed by atoms with Gasteiger partial charge in [-0.3, -0.25) is 4.79 Å². The van der Waals surface area contributed by atoms with Crippen LogP contribution in [0, 0.1) is 0 Å². The summed E-state index contributed by atoms with van der Waals surface area (Å²) in [4.78, 5) is 11.7. The molecule has 1 amide bonds. The number of carbonyl (C=O) groups excluding carboxylic acids is 1. The van der Waals surface area contributed by atoms with Gasteiger partial charge < -0.3 is 9.73 Å². The van der Waals surface area contributed by atoms with Gasteiger partial charge in [0.05, 0.1) is 0 Å². The average molecular weight is 264 g/mol. The second-order valence-corrected chi connectivity index (χ2v) is 4.50. The molecule has 4 heteroatoms. The monoisotopic (exact) mass is 263 g/mol. The van der Waals surface area contributed by atoms with Crippen molar-refractivity contribution in [3.8, 4) is 0 Å². The Bertz CT molecular complexity index is 522. The molecular formula is C14H14ClNO2. The zero-order chi connectivity index (χ0) is 13.0. The van der Waals surface area contributed by atoms with Crippen LogP contribution >= 0.6 is 11.6 Å². The average Bonchev–Trinajstić information content (AvgIpc) is 2.83. The van der Waals surface area contributed by atoms with Crippen LogP contribution in [0.4, 0.5) is 0 Å². The summed E-state index contributed by atoms with van der Waals surface area (Å²) >= 11 is 5.62. The van der Waals surface area contributed by atoms with E-state index >= 15 is 0 Å². The third kappa shape index (κ3) is 3.14. The Balaban J connectivity index is 1.90. The lowest BCUT2D eigenvalue weighted by Gasteiger charge is -2.12. The van der Waals surface area contributed by atoms with Gasteiger partial charge in [0.2, 0.25) is 0 Å². The Morgan fingerprint density at radius 3 is 2.61 bits per heavy atom. The highest BCUT2D eigenvalue weighted by molar-refractivity contribution is 6.29. The normalized spacial score (nSPS) is 12.1. The molecule has 3 nitrogen and oxygen atoms in total. The molecule has 1 aromatic heterocycles. The maximum Gasteiger partial charge on any atom is 0.287 e. The maximum atomic E-state index is 11.7. The van der Waals surface area contributed by atoms with Crippen LogP contribution < -0.4 is 5.32 Å². The van der Waals surface area contributed by atoms with E-state index in [2.05, 4.69) is 12.2 Å². The molecule has 1 atom stereocenters. The predicted octanol–water partition coefficient (Wildman–Crippen LogP) is 3.47. The van der Waals surface area contributed by atoms with Gasteiger partial charge in [0, 0.05) is 6.54 Å². The zero-order valence-corrected chi connectivity index (χ0v) is 10.8. The number of carbonyl (C=O) groups is 1. The summed E-state index contributed by atoms with van der Waals surface area (Å²) in [5.41, 5.74) is 1.19. The summed E-state index contributed by atoms with van der Waals surface area (Å²) in [5.74, 6) is 0.241. The predicted molar refractivity (Wildman–Crippen MR) is 70.9 cm³/mol. The third-order valence-corrected chi connectivity index (χ3v) is 2.94. The fourth-order valence-corrected chi connectivity index (χ4v) is 1.81. The van der Waals surface area contributed by atoms with Crippen LogP contribution in [0.15, 0.2) is 46.9 Å². The lowest BCUT2D eigenvalue weighted by atomic mass is 10.0. The van der Waals surface area contributed by atoms with Crippen LogP contribution in [0.2, 0.25) is 5.22 Å². The first-order chi connectivity index (χ1) is 8.66. The summed E-state index contributed by atoms with van der Waals surface area (Å²) in [7, 11) is 0. The molecule has 0 aliphatic carbocycles. The minimum Gasteiger partial charge on any atom is -0.440 e. The second kappa shape index (κ2) is 5.74. The minimum atomic E-state index is -0.246. The van der Waals surface area contributed by atoms with Gasteiger partial charge in [0.1, 0.15) is 0 Å². The highest BCUT2D eigenvalue weighted by Gasteiger charge is 2.12. The number of rotatable bonds is 4. The molecule has 1 N–H and O–H groups in total. The number of benzene rings is 1. The van der Waals surface area contributed by atoms with Crippen LogP contribution in [-0.2, 0) is 0 Å². The lowest BCUT2D eigenvalue weighted by molar-refractivity contribution is 0.0924. The van der Waals surface area contributed by atoms with Gasteiger partial charge in [-0.25, -0.2) is 0 Å². The number of hydrogen-bond donors (Lipinski definition) is 1. The number of furan rings is 1. The van der Waals surface area contributed by atoms with E-state index in [-0.39, 0.29) is 22.8 Å². The highest BCUT2D eigenvalue weighted by atomic mass is 35.5. The molecule has 0 aliphatic rings. The number of amides is 1. The number of halogens is 1. The molecule has 1 aromatic carbocycles. The Kier molecular flexibility index (Phi) is 4.05. The van der Waals surface area contributed by atoms with Crippen LogP contribution in [0.3, 0.4) is 0 Å². The molecular weight excluding hydrogens is 250 g/mol. The van der Waals surface area contributed by atoms with E-state index in [0.717, 1.165) is 0 Å². The molecule has 2 rings (SSSR count). The fourth-order valence-electron chi connectivity index (χ4n) is 1.67. The van der Waals surface area contributed by atoms with Crippen molar-refractivity contribution >= 4 is 17.5 Å². The van der Waals surface area contributed by atoms with Crippen molar-refractivity contribution in [3.05, 3.63) is 59.0 Å². The number of nitrogens with one attached hydrogen (secondary N) is 1. The topological polar surface area (TPSA) is 42.2 Å². The standard InChI is InChI=1S/C14H14ClNO2/c1-10(11-5-3-2-4-6-11)9-16-14(17)12-7-8-13(15)18-12/h2-8,10H,9H2,1H3,(H,16,17). The van der Waals surface area contributed by atoms with Crippen LogP contribution in [-0.4, -0.2) is 12.5 Å². The number of hydrogen-bond acceptors (Lipinski definition) is 2. The van der Waals surface area contributed by atoms with E-state index < -0.39 is 0 Å². The van der Waals surface area contributed by atoms with Crippen LogP contribution in [0.5, 0.6) is 0 Å². The molecule has 0 aliphatic heterocycles. The van der Waals surface area contributed by atoms with Crippen molar-refractivity contribution in [2.24, 2.45) is 0 Å². The largest absolute Gasteiger partial charge is 0.440 e. The van der Waals surface area contributed by atoms with Gasteiger partial charge in [-0.2, -0.15) is 0 Å². The second-order valence-electron chi connectivity index (χ2n) is 4.13. The van der Waals surface area contributed by atoms with E-state index in [9.17, 15) is 4.79 Å². The van der Waals surface area contributed by atoms with E-state index in [4.69, 9.17) is 16.0 Å². The Morgan fingerprint density at radius 1 is 1.28 bits per heavy atom. The van der Waals surface area contributed by atoms with Crippen molar-refractivity contribution in [1.29, 1.82) is 0 Å². The maximum absolute atomic E-state index is 11.7. The molecule has 0 bridgehead atoms. The van der Waals surface area contributed by atoms with Crippen molar-refractivity contribution in [2.75, 3.05) is 6.54 Å². The van der Waals surface area contributed by atoms with Gasteiger partial charge in [0.15, 0.2) is 11.0 Å². The van der Waals surface area contributed by atoms with Gasteiger partial charge in [-0.1, -0.05) is 37.3 Å². The van der Waals surface area contributed by atoms with Crippen molar-refractivity contribution in [2.45, 2.75) is 12.8 Å². The SMILES string of the molecule is CC(CNC(=O)c1ccc(Cl)o1)c1ccccc1. The first-order valence-electron chi connectivity index (χ1n) is 5.75. The third-order valence-electron chi connectivity index (χ3n) is 2.73. The summed E-state index contributed by atoms with van der Waals surface area (Å²) in [6.07, 6.45) is 0. The molecule has 0 fully saturated rings. The summed E-state index contributed by atoms with van der Waals surface area (Å²) in [6.45, 7) is 2.62. The summed E-state index contributed by atoms with van der Waals surface area (Å²) in [6, 6.07) is 13.1. The zero-order valence-electron chi connectivity index (χ0n) is 10.0. The molecule has 0 saturated carbocycles. The molecule has 94 valence electrons. The first-order valence-corrected chi connectivity index (χ1v) is 6.13. The lowest BCUT2D eigenvalue weighted by Crippen LogP contribution is -2.27. The van der Waals surface area contributed by atoms with Crippen LogP contribution in [0.1, 0.15) is 29.0 Å². The molecule has 1 heterocycles. The van der Waals surface area contributed by atoms with Crippen molar-refractivity contribution in [1.82, 2.24) is 5.32 Å². The molecule has 0 saturated heterocycles. The van der Waals surface area contributed by atoms with Gasteiger partial charge in [-0.15, -0.1) is 0 Å². The first kappa shape index (κ1) is 12.7. The van der Waals surface area contributed by atoms with E-state index in [1.165, 1.54) is 5.56 Å². The van der Waals surface area contributed by atoms with Crippen molar-refractivity contribution < 1.29 is 9.21 Å².